The molecule has 0 atom stereocenters. The molecule has 0 saturated heterocycles. The molecule has 0 amide bonds. The van der Waals surface area contributed by atoms with E-state index in [1.165, 1.54) is 91.5 Å². The SMILES string of the molecule is C=C(\C=C/C=C/C=C/C=C1\C(=C)C(C)(C)c2c1c1c3ccccc3sc1c1ccccc21)c1c2ccccc2c(/C(C)=C/C=C\C)c2ccccc12. The largest absolute Gasteiger partial charge is 0.135 e. The van der Waals surface area contributed by atoms with E-state index in [2.05, 4.69) is 199 Å². The van der Waals surface area contributed by atoms with Gasteiger partial charge in [0.15, 0.2) is 0 Å². The van der Waals surface area contributed by atoms with Crippen LogP contribution in [0.4, 0.5) is 0 Å². The number of thiophene rings is 1. The number of rotatable bonds is 7. The number of hydrogen-bond acceptors (Lipinski definition) is 1. The van der Waals surface area contributed by atoms with Gasteiger partial charge in [0.25, 0.3) is 0 Å². The van der Waals surface area contributed by atoms with Gasteiger partial charge in [-0.15, -0.1) is 11.3 Å². The molecular formula is C51H42S. The van der Waals surface area contributed by atoms with Crippen LogP contribution in [-0.4, -0.2) is 0 Å². The van der Waals surface area contributed by atoms with Gasteiger partial charge < -0.3 is 0 Å². The first-order valence-electron chi connectivity index (χ1n) is 18.0. The molecule has 1 heterocycles. The highest BCUT2D eigenvalue weighted by Crippen LogP contribution is 2.56. The molecule has 7 aromatic rings. The Balaban J connectivity index is 1.14. The van der Waals surface area contributed by atoms with Crippen LogP contribution in [0.1, 0.15) is 49.9 Å². The first-order valence-corrected chi connectivity index (χ1v) is 18.9. The van der Waals surface area contributed by atoms with Crippen LogP contribution in [0.3, 0.4) is 0 Å². The Kier molecular flexibility index (Phi) is 8.61. The normalized spacial score (nSPS) is 15.8. The fourth-order valence-electron chi connectivity index (χ4n) is 8.21. The summed E-state index contributed by atoms with van der Waals surface area (Å²) in [6, 6.07) is 35.1. The Hall–Kier alpha value is -5.76. The molecule has 0 aliphatic heterocycles. The lowest BCUT2D eigenvalue weighted by atomic mass is 9.80. The molecular weight excluding hydrogens is 645 g/mol. The maximum absolute atomic E-state index is 4.69. The van der Waals surface area contributed by atoms with Gasteiger partial charge in [-0.2, -0.15) is 0 Å². The average molecular weight is 687 g/mol. The van der Waals surface area contributed by atoms with E-state index in [0.717, 1.165) is 5.57 Å². The second-order valence-corrected chi connectivity index (χ2v) is 15.2. The lowest BCUT2D eigenvalue weighted by Gasteiger charge is -2.22. The van der Waals surface area contributed by atoms with Crippen molar-refractivity contribution < 1.29 is 0 Å². The lowest BCUT2D eigenvalue weighted by Crippen LogP contribution is -2.14. The van der Waals surface area contributed by atoms with Crippen LogP contribution in [0.15, 0.2) is 177 Å². The third-order valence-electron chi connectivity index (χ3n) is 10.7. The van der Waals surface area contributed by atoms with Crippen molar-refractivity contribution >= 4 is 80.5 Å². The second kappa shape index (κ2) is 13.4. The van der Waals surface area contributed by atoms with Crippen molar-refractivity contribution in [1.82, 2.24) is 0 Å². The first kappa shape index (κ1) is 33.4. The summed E-state index contributed by atoms with van der Waals surface area (Å²) in [7, 11) is 0. The van der Waals surface area contributed by atoms with E-state index < -0.39 is 0 Å². The van der Waals surface area contributed by atoms with Crippen molar-refractivity contribution in [3.05, 3.63) is 199 Å². The molecule has 6 aromatic carbocycles. The summed E-state index contributed by atoms with van der Waals surface area (Å²) in [5, 5.41) is 10.3. The van der Waals surface area contributed by atoms with Gasteiger partial charge in [-0.25, -0.2) is 0 Å². The van der Waals surface area contributed by atoms with E-state index in [0.29, 0.717) is 0 Å². The number of benzene rings is 6. The molecule has 0 N–H and O–H groups in total. The minimum atomic E-state index is -0.182. The molecule has 1 aliphatic rings. The van der Waals surface area contributed by atoms with Gasteiger partial charge in [-0.1, -0.05) is 179 Å². The monoisotopic (exact) mass is 686 g/mol. The standard InChI is InChI=1S/C51H42S/c1-7-8-22-33(2)45-37-25-14-16-27-39(37)46(40-28-17-15-26-38(40)45)34(3)23-12-10-9-11-13-24-36-35(4)51(5,6)49-41-29-18-19-30-42(41)50-48(47(36)49)43-31-20-21-32-44(43)52-50/h7-32H,3-4H2,1-2,5-6H3/b8-7-,10-9+,13-11+,23-12-,33-22+,36-24+. The summed E-state index contributed by atoms with van der Waals surface area (Å²) < 4.78 is 2.68. The highest BCUT2D eigenvalue weighted by atomic mass is 32.1. The van der Waals surface area contributed by atoms with Gasteiger partial charge in [0.1, 0.15) is 0 Å². The molecule has 1 aliphatic carbocycles. The van der Waals surface area contributed by atoms with E-state index in [1.54, 1.807) is 0 Å². The molecule has 0 spiro atoms. The fourth-order valence-corrected chi connectivity index (χ4v) is 9.45. The zero-order valence-electron chi connectivity index (χ0n) is 30.3. The summed E-state index contributed by atoms with van der Waals surface area (Å²) in [4.78, 5) is 0. The van der Waals surface area contributed by atoms with Crippen molar-refractivity contribution in [2.24, 2.45) is 0 Å². The van der Waals surface area contributed by atoms with Crippen molar-refractivity contribution in [2.45, 2.75) is 33.1 Å². The summed E-state index contributed by atoms with van der Waals surface area (Å²) in [5.74, 6) is 0. The van der Waals surface area contributed by atoms with Gasteiger partial charge in [0, 0.05) is 25.6 Å². The highest BCUT2D eigenvalue weighted by molar-refractivity contribution is 7.26. The quantitative estimate of drug-likeness (QED) is 0.116. The number of allylic oxidation sites excluding steroid dienone is 14. The van der Waals surface area contributed by atoms with Crippen LogP contribution in [0.5, 0.6) is 0 Å². The zero-order chi connectivity index (χ0) is 36.0. The third kappa shape index (κ3) is 5.36. The van der Waals surface area contributed by atoms with Gasteiger partial charge in [0.2, 0.25) is 0 Å². The van der Waals surface area contributed by atoms with Crippen LogP contribution in [0.2, 0.25) is 0 Å². The van der Waals surface area contributed by atoms with Crippen LogP contribution in [0.25, 0.3) is 69.2 Å². The van der Waals surface area contributed by atoms with E-state index in [4.69, 9.17) is 0 Å². The summed E-state index contributed by atoms with van der Waals surface area (Å²) in [6.45, 7) is 18.1. The predicted molar refractivity (Wildman–Crippen MR) is 233 cm³/mol. The van der Waals surface area contributed by atoms with Crippen molar-refractivity contribution in [3.63, 3.8) is 0 Å². The fraction of sp³-hybridized carbons (Fsp3) is 0.0980. The number of fused-ring (bicyclic) bond motifs is 10. The van der Waals surface area contributed by atoms with Crippen LogP contribution < -0.4 is 0 Å². The molecule has 0 bridgehead atoms. The first-order chi connectivity index (χ1) is 25.3. The van der Waals surface area contributed by atoms with E-state index in [1.807, 2.05) is 11.3 Å². The van der Waals surface area contributed by atoms with E-state index >= 15 is 0 Å². The minimum absolute atomic E-state index is 0.182. The molecule has 1 heteroatoms. The third-order valence-corrected chi connectivity index (χ3v) is 11.9. The molecule has 1 aromatic heterocycles. The molecule has 0 radical (unpaired) electrons. The molecule has 0 fully saturated rings. The molecule has 252 valence electrons. The predicted octanol–water partition coefficient (Wildman–Crippen LogP) is 15.1. The Morgan fingerprint density at radius 1 is 0.635 bits per heavy atom. The smallest absolute Gasteiger partial charge is 0.0440 e. The van der Waals surface area contributed by atoms with Crippen LogP contribution in [-0.2, 0) is 5.41 Å². The molecule has 52 heavy (non-hydrogen) atoms. The number of hydrogen-bond donors (Lipinski definition) is 0. The summed E-state index contributed by atoms with van der Waals surface area (Å²) >= 11 is 1.90. The second-order valence-electron chi connectivity index (χ2n) is 14.2. The molecule has 0 unspecified atom stereocenters. The zero-order valence-corrected chi connectivity index (χ0v) is 31.2. The lowest BCUT2D eigenvalue weighted by molar-refractivity contribution is 0.669. The maximum atomic E-state index is 4.69. The molecule has 0 nitrogen and oxygen atoms in total. The maximum Gasteiger partial charge on any atom is 0.0440 e. The Morgan fingerprint density at radius 3 is 1.83 bits per heavy atom. The van der Waals surface area contributed by atoms with Gasteiger partial charge in [-0.3, -0.25) is 0 Å². The van der Waals surface area contributed by atoms with Crippen LogP contribution in [0, 0.1) is 0 Å². The van der Waals surface area contributed by atoms with Crippen molar-refractivity contribution in [1.29, 1.82) is 0 Å². The summed E-state index contributed by atoms with van der Waals surface area (Å²) in [6.07, 6.45) is 21.3. The van der Waals surface area contributed by atoms with E-state index in [9.17, 15) is 0 Å². The van der Waals surface area contributed by atoms with Gasteiger partial charge >= 0.3 is 0 Å². The van der Waals surface area contributed by atoms with Crippen molar-refractivity contribution in [2.75, 3.05) is 0 Å². The van der Waals surface area contributed by atoms with Gasteiger partial charge in [-0.05, 0) is 96.8 Å². The summed E-state index contributed by atoms with van der Waals surface area (Å²) in [5.41, 5.74) is 9.63. The van der Waals surface area contributed by atoms with Crippen LogP contribution >= 0.6 is 11.3 Å². The average Bonchev–Trinajstić information content (AvgIpc) is 3.64. The minimum Gasteiger partial charge on any atom is -0.135 e. The highest BCUT2D eigenvalue weighted by Gasteiger charge is 2.40. The Bertz CT molecular complexity index is 2740. The van der Waals surface area contributed by atoms with Gasteiger partial charge in [0.05, 0.1) is 0 Å². The Labute approximate surface area is 311 Å². The van der Waals surface area contributed by atoms with E-state index in [-0.39, 0.29) is 5.41 Å². The molecule has 0 saturated carbocycles. The molecule has 8 rings (SSSR count). The Morgan fingerprint density at radius 2 is 1.17 bits per heavy atom. The van der Waals surface area contributed by atoms with Crippen molar-refractivity contribution in [3.8, 4) is 0 Å². The topological polar surface area (TPSA) is 0 Å².